The van der Waals surface area contributed by atoms with E-state index in [1.165, 1.54) is 0 Å². The average Bonchev–Trinajstić information content (AvgIpc) is 3.15. The molecule has 3 aromatic rings. The van der Waals surface area contributed by atoms with Crippen molar-refractivity contribution in [1.82, 2.24) is 15.7 Å². The van der Waals surface area contributed by atoms with Gasteiger partial charge < -0.3 is 9.47 Å². The van der Waals surface area contributed by atoms with Crippen molar-refractivity contribution in [2.24, 2.45) is 0 Å². The molecular formula is C24H27N3O4. The molecule has 0 aliphatic heterocycles. The molecule has 0 fully saturated rings. The van der Waals surface area contributed by atoms with Crippen molar-refractivity contribution >= 4 is 11.7 Å². The molecule has 1 heterocycles. The first-order chi connectivity index (χ1) is 15.1. The molecule has 0 bridgehead atoms. The minimum Gasteiger partial charge on any atom is -0.462 e. The minimum atomic E-state index is -0.311. The molecule has 0 aliphatic rings. The molecule has 7 nitrogen and oxygen atoms in total. The second kappa shape index (κ2) is 11.0. The number of carbonyl (C=O) groups is 1. The lowest BCUT2D eigenvalue weighted by molar-refractivity contribution is 0.0499. The number of esters is 1. The first-order valence-electron chi connectivity index (χ1n) is 10.2. The van der Waals surface area contributed by atoms with Crippen LogP contribution in [0.3, 0.4) is 0 Å². The molecule has 3 rings (SSSR count). The van der Waals surface area contributed by atoms with Crippen LogP contribution in [-0.2, 0) is 16.2 Å². The summed E-state index contributed by atoms with van der Waals surface area (Å²) in [5.41, 5.74) is 6.29. The van der Waals surface area contributed by atoms with E-state index in [2.05, 4.69) is 29.2 Å². The number of rotatable bonds is 11. The van der Waals surface area contributed by atoms with Crippen LogP contribution in [0.25, 0.3) is 5.70 Å². The predicted molar refractivity (Wildman–Crippen MR) is 118 cm³/mol. The highest BCUT2D eigenvalue weighted by molar-refractivity contribution is 5.89. The summed E-state index contributed by atoms with van der Waals surface area (Å²) in [6.07, 6.45) is 1.85. The fraction of sp³-hybridized carbons (Fsp3) is 0.250. The SMILES string of the molecule is C=C(NOCc1ccc(C(=O)OCCCC)cc1)c1c(Oc2ccccc2)n[nH]c1C. The van der Waals surface area contributed by atoms with E-state index < -0.39 is 0 Å². The van der Waals surface area contributed by atoms with Gasteiger partial charge in [0.25, 0.3) is 0 Å². The fourth-order valence-electron chi connectivity index (χ4n) is 2.82. The van der Waals surface area contributed by atoms with Crippen LogP contribution in [0.15, 0.2) is 61.2 Å². The number of aromatic amines is 1. The summed E-state index contributed by atoms with van der Waals surface area (Å²) in [5, 5.41) is 7.11. The Morgan fingerprint density at radius 2 is 1.87 bits per heavy atom. The number of aromatic nitrogens is 2. The number of unbranched alkanes of at least 4 members (excludes halogenated alkanes) is 1. The van der Waals surface area contributed by atoms with Crippen LogP contribution < -0.4 is 10.2 Å². The van der Waals surface area contributed by atoms with Gasteiger partial charge >= 0.3 is 5.97 Å². The van der Waals surface area contributed by atoms with Crippen molar-refractivity contribution in [3.63, 3.8) is 0 Å². The van der Waals surface area contributed by atoms with E-state index in [0.29, 0.717) is 35.1 Å². The normalized spacial score (nSPS) is 10.5. The van der Waals surface area contributed by atoms with Gasteiger partial charge in [-0.2, -0.15) is 0 Å². The molecule has 0 saturated heterocycles. The van der Waals surface area contributed by atoms with Crippen molar-refractivity contribution in [2.75, 3.05) is 6.61 Å². The molecule has 0 spiro atoms. The number of nitrogens with zero attached hydrogens (tertiary/aromatic N) is 1. The molecule has 0 unspecified atom stereocenters. The van der Waals surface area contributed by atoms with E-state index >= 15 is 0 Å². The van der Waals surface area contributed by atoms with E-state index in [0.717, 1.165) is 24.1 Å². The number of carbonyl (C=O) groups excluding carboxylic acids is 1. The maximum absolute atomic E-state index is 12.0. The summed E-state index contributed by atoms with van der Waals surface area (Å²) >= 11 is 0. The summed E-state index contributed by atoms with van der Waals surface area (Å²) in [7, 11) is 0. The Labute approximate surface area is 182 Å². The second-order valence-electron chi connectivity index (χ2n) is 7.00. The molecule has 0 saturated carbocycles. The summed E-state index contributed by atoms with van der Waals surface area (Å²) in [6, 6.07) is 16.5. The van der Waals surface area contributed by atoms with Crippen molar-refractivity contribution in [2.45, 2.75) is 33.3 Å². The lowest BCUT2D eigenvalue weighted by Gasteiger charge is -2.12. The third-order valence-corrected chi connectivity index (χ3v) is 4.53. The van der Waals surface area contributed by atoms with E-state index in [-0.39, 0.29) is 12.6 Å². The van der Waals surface area contributed by atoms with Crippen molar-refractivity contribution in [3.05, 3.63) is 83.6 Å². The van der Waals surface area contributed by atoms with Crippen molar-refractivity contribution in [3.8, 4) is 11.6 Å². The number of ether oxygens (including phenoxy) is 2. The number of aryl methyl sites for hydroxylation is 1. The van der Waals surface area contributed by atoms with Crippen LogP contribution >= 0.6 is 0 Å². The Kier molecular flexibility index (Phi) is 7.84. The van der Waals surface area contributed by atoms with E-state index in [1.54, 1.807) is 12.1 Å². The van der Waals surface area contributed by atoms with Gasteiger partial charge in [0.2, 0.25) is 5.88 Å². The van der Waals surface area contributed by atoms with Crippen LogP contribution in [0, 0.1) is 6.92 Å². The topological polar surface area (TPSA) is 85.5 Å². The summed E-state index contributed by atoms with van der Waals surface area (Å²) in [4.78, 5) is 17.5. The predicted octanol–water partition coefficient (Wildman–Crippen LogP) is 5.16. The van der Waals surface area contributed by atoms with Gasteiger partial charge in [-0.15, -0.1) is 5.10 Å². The number of nitrogens with one attached hydrogen (secondary N) is 2. The molecule has 162 valence electrons. The number of para-hydroxylation sites is 1. The fourth-order valence-corrected chi connectivity index (χ4v) is 2.82. The number of hydroxylamine groups is 1. The number of hydrogen-bond acceptors (Lipinski definition) is 6. The zero-order chi connectivity index (χ0) is 22.1. The molecule has 1 aromatic heterocycles. The van der Waals surface area contributed by atoms with E-state index in [9.17, 15) is 4.79 Å². The zero-order valence-corrected chi connectivity index (χ0v) is 17.8. The largest absolute Gasteiger partial charge is 0.462 e. The lowest BCUT2D eigenvalue weighted by atomic mass is 10.1. The summed E-state index contributed by atoms with van der Waals surface area (Å²) in [5.74, 6) is 0.779. The Bertz CT molecular complexity index is 997. The number of H-pyrrole nitrogens is 1. The Morgan fingerprint density at radius 3 is 2.58 bits per heavy atom. The highest BCUT2D eigenvalue weighted by Crippen LogP contribution is 2.28. The Balaban J connectivity index is 1.52. The smallest absolute Gasteiger partial charge is 0.338 e. The molecule has 0 radical (unpaired) electrons. The first-order valence-corrected chi connectivity index (χ1v) is 10.2. The van der Waals surface area contributed by atoms with Gasteiger partial charge in [-0.25, -0.2) is 4.79 Å². The maximum Gasteiger partial charge on any atom is 0.338 e. The molecule has 2 aromatic carbocycles. The highest BCUT2D eigenvalue weighted by atomic mass is 16.6. The van der Waals surface area contributed by atoms with Gasteiger partial charge in [-0.05, 0) is 43.2 Å². The molecular weight excluding hydrogens is 394 g/mol. The van der Waals surface area contributed by atoms with E-state index in [1.807, 2.05) is 49.4 Å². The van der Waals surface area contributed by atoms with Crippen LogP contribution in [-0.4, -0.2) is 22.8 Å². The van der Waals surface area contributed by atoms with Crippen molar-refractivity contribution in [1.29, 1.82) is 0 Å². The molecule has 0 amide bonds. The van der Waals surface area contributed by atoms with Crippen LogP contribution in [0.1, 0.15) is 46.9 Å². The summed E-state index contributed by atoms with van der Waals surface area (Å²) in [6.45, 7) is 8.69. The van der Waals surface area contributed by atoms with Crippen LogP contribution in [0.4, 0.5) is 0 Å². The van der Waals surface area contributed by atoms with Gasteiger partial charge in [0.05, 0.1) is 30.0 Å². The van der Waals surface area contributed by atoms with Gasteiger partial charge in [-0.1, -0.05) is 50.3 Å². The lowest BCUT2D eigenvalue weighted by Crippen LogP contribution is -2.13. The van der Waals surface area contributed by atoms with Gasteiger partial charge in [0, 0.05) is 5.69 Å². The molecule has 0 atom stereocenters. The zero-order valence-electron chi connectivity index (χ0n) is 17.8. The van der Waals surface area contributed by atoms with Crippen LogP contribution in [0.2, 0.25) is 0 Å². The molecule has 31 heavy (non-hydrogen) atoms. The van der Waals surface area contributed by atoms with Gasteiger partial charge in [0.15, 0.2) is 0 Å². The average molecular weight is 421 g/mol. The van der Waals surface area contributed by atoms with Gasteiger partial charge in [0.1, 0.15) is 5.75 Å². The monoisotopic (exact) mass is 421 g/mol. The number of benzene rings is 2. The molecule has 2 N–H and O–H groups in total. The van der Waals surface area contributed by atoms with Gasteiger partial charge in [-0.3, -0.25) is 15.4 Å². The minimum absolute atomic E-state index is 0.288. The van der Waals surface area contributed by atoms with Crippen LogP contribution in [0.5, 0.6) is 11.6 Å². The number of hydrogen-bond donors (Lipinski definition) is 2. The Hall–Kier alpha value is -3.58. The summed E-state index contributed by atoms with van der Waals surface area (Å²) < 4.78 is 11.1. The highest BCUT2D eigenvalue weighted by Gasteiger charge is 2.16. The first kappa shape index (κ1) is 22.1. The second-order valence-corrected chi connectivity index (χ2v) is 7.00. The Morgan fingerprint density at radius 1 is 1.13 bits per heavy atom. The third-order valence-electron chi connectivity index (χ3n) is 4.53. The standard InChI is InChI=1S/C24H27N3O4/c1-4-5-15-29-24(28)20-13-11-19(12-14-20)16-30-27-18(3)22-17(2)25-26-23(22)31-21-9-7-6-8-10-21/h6-14,27H,3-5,15-16H2,1-2H3,(H,25,26). The molecule has 0 aliphatic carbocycles. The third kappa shape index (κ3) is 6.20. The van der Waals surface area contributed by atoms with Crippen molar-refractivity contribution < 1.29 is 19.1 Å². The van der Waals surface area contributed by atoms with E-state index in [4.69, 9.17) is 14.3 Å². The maximum atomic E-state index is 12.0. The quantitative estimate of drug-likeness (QED) is 0.253. The molecule has 7 heteroatoms.